The van der Waals surface area contributed by atoms with E-state index >= 15 is 0 Å². The number of anilines is 1. The Hall–Kier alpha value is -1.39. The molecule has 1 aliphatic rings. The minimum absolute atomic E-state index is 0.0383. The van der Waals surface area contributed by atoms with Crippen molar-refractivity contribution < 1.29 is 9.90 Å². The third-order valence-corrected chi connectivity index (χ3v) is 4.56. The van der Waals surface area contributed by atoms with Gasteiger partial charge < -0.3 is 10.4 Å². The molecule has 2 N–H and O–H groups in total. The van der Waals surface area contributed by atoms with Gasteiger partial charge in [-0.2, -0.15) is 0 Å². The van der Waals surface area contributed by atoms with E-state index in [4.69, 9.17) is 0 Å². The van der Waals surface area contributed by atoms with Crippen LogP contribution in [0.25, 0.3) is 0 Å². The molecule has 1 amide bonds. The number of hydrogen-bond acceptors (Lipinski definition) is 3. The number of nitrogens with one attached hydrogen (secondary N) is 1. The molecule has 0 bridgehead atoms. The quantitative estimate of drug-likeness (QED) is 0.875. The maximum Gasteiger partial charge on any atom is 0.238 e. The van der Waals surface area contributed by atoms with Crippen LogP contribution in [0.3, 0.4) is 0 Å². The van der Waals surface area contributed by atoms with E-state index in [-0.39, 0.29) is 12.0 Å². The fourth-order valence-electron chi connectivity index (χ4n) is 3.15. The van der Waals surface area contributed by atoms with E-state index in [9.17, 15) is 9.90 Å². The number of likely N-dealkylation sites (tertiary alicyclic amines) is 1. The topological polar surface area (TPSA) is 52.6 Å². The highest BCUT2D eigenvalue weighted by Crippen LogP contribution is 2.32. The molecule has 1 saturated heterocycles. The van der Waals surface area contributed by atoms with Crippen molar-refractivity contribution in [1.82, 2.24) is 4.90 Å². The Morgan fingerprint density at radius 3 is 2.17 bits per heavy atom. The molecule has 0 radical (unpaired) electrons. The molecule has 1 heterocycles. The first-order chi connectivity index (χ1) is 10.9. The predicted molar refractivity (Wildman–Crippen MR) is 94.9 cm³/mol. The van der Waals surface area contributed by atoms with Crippen molar-refractivity contribution in [2.75, 3.05) is 25.0 Å². The Morgan fingerprint density at radius 2 is 1.70 bits per heavy atom. The number of hydrogen-bond donors (Lipinski definition) is 2. The lowest BCUT2D eigenvalue weighted by atomic mass is 9.92. The summed E-state index contributed by atoms with van der Waals surface area (Å²) in [5.74, 6) is 0.777. The summed E-state index contributed by atoms with van der Waals surface area (Å²) in [4.78, 5) is 14.6. The third kappa shape index (κ3) is 4.79. The Labute approximate surface area is 139 Å². The molecule has 1 aliphatic heterocycles. The molecular weight excluding hydrogens is 288 g/mol. The fourth-order valence-corrected chi connectivity index (χ4v) is 3.15. The SMILES string of the molecule is CC(C)c1cccc(C(C)C)c1NC(=O)CN1CCC(O)CC1. The van der Waals surface area contributed by atoms with Gasteiger partial charge in [0, 0.05) is 18.8 Å². The Bertz CT molecular complexity index is 506. The summed E-state index contributed by atoms with van der Waals surface area (Å²) in [5.41, 5.74) is 3.37. The van der Waals surface area contributed by atoms with Crippen molar-refractivity contribution in [3.05, 3.63) is 29.3 Å². The summed E-state index contributed by atoms with van der Waals surface area (Å²) >= 11 is 0. The van der Waals surface area contributed by atoms with Crippen molar-refractivity contribution in [1.29, 1.82) is 0 Å². The summed E-state index contributed by atoms with van der Waals surface area (Å²) in [5, 5.41) is 12.7. The summed E-state index contributed by atoms with van der Waals surface area (Å²) in [6.45, 7) is 10.6. The second-order valence-corrected chi connectivity index (χ2v) is 7.18. The highest BCUT2D eigenvalue weighted by molar-refractivity contribution is 5.94. The van der Waals surface area contributed by atoms with Crippen LogP contribution < -0.4 is 5.32 Å². The summed E-state index contributed by atoms with van der Waals surface area (Å²) in [7, 11) is 0. The molecule has 0 atom stereocenters. The van der Waals surface area contributed by atoms with Crippen molar-refractivity contribution in [2.24, 2.45) is 0 Å². The van der Waals surface area contributed by atoms with E-state index in [0.717, 1.165) is 31.6 Å². The molecule has 2 rings (SSSR count). The molecule has 0 spiro atoms. The van der Waals surface area contributed by atoms with Gasteiger partial charge in [-0.05, 0) is 35.8 Å². The first kappa shape index (κ1) is 18.0. The molecule has 1 aromatic rings. The third-order valence-electron chi connectivity index (χ3n) is 4.56. The van der Waals surface area contributed by atoms with Gasteiger partial charge >= 0.3 is 0 Å². The van der Waals surface area contributed by atoms with E-state index in [1.807, 2.05) is 0 Å². The largest absolute Gasteiger partial charge is 0.393 e. The number of para-hydroxylation sites is 1. The number of benzene rings is 1. The maximum atomic E-state index is 12.5. The normalized spacial score (nSPS) is 17.0. The van der Waals surface area contributed by atoms with Crippen LogP contribution in [-0.4, -0.2) is 41.7 Å². The lowest BCUT2D eigenvalue weighted by Gasteiger charge is -2.29. The van der Waals surface area contributed by atoms with Crippen molar-refractivity contribution >= 4 is 11.6 Å². The molecular formula is C19H30N2O2. The molecule has 1 fully saturated rings. The molecule has 4 heteroatoms. The predicted octanol–water partition coefficient (Wildman–Crippen LogP) is 3.33. The number of amides is 1. The molecule has 0 saturated carbocycles. The first-order valence-corrected chi connectivity index (χ1v) is 8.71. The van der Waals surface area contributed by atoms with Crippen molar-refractivity contribution in [3.63, 3.8) is 0 Å². The molecule has 0 aliphatic carbocycles. The highest BCUT2D eigenvalue weighted by Gasteiger charge is 2.21. The van der Waals surface area contributed by atoms with Gasteiger partial charge in [-0.25, -0.2) is 0 Å². The maximum absolute atomic E-state index is 12.5. The number of rotatable bonds is 5. The minimum Gasteiger partial charge on any atom is -0.393 e. The average Bonchev–Trinajstić information content (AvgIpc) is 2.49. The van der Waals surface area contributed by atoms with Crippen molar-refractivity contribution in [3.8, 4) is 0 Å². The second kappa shape index (κ2) is 7.93. The highest BCUT2D eigenvalue weighted by atomic mass is 16.3. The van der Waals surface area contributed by atoms with Crippen LogP contribution in [0.4, 0.5) is 5.69 Å². The fraction of sp³-hybridized carbons (Fsp3) is 0.632. The van der Waals surface area contributed by atoms with Crippen LogP contribution in [0, 0.1) is 0 Å². The molecule has 23 heavy (non-hydrogen) atoms. The number of nitrogens with zero attached hydrogens (tertiary/aromatic N) is 1. The van der Waals surface area contributed by atoms with Crippen LogP contribution in [-0.2, 0) is 4.79 Å². The van der Waals surface area contributed by atoms with Crippen LogP contribution in [0.2, 0.25) is 0 Å². The van der Waals surface area contributed by atoms with Crippen LogP contribution >= 0.6 is 0 Å². The zero-order valence-electron chi connectivity index (χ0n) is 14.8. The van der Waals surface area contributed by atoms with Gasteiger partial charge in [-0.3, -0.25) is 9.69 Å². The van der Waals surface area contributed by atoms with E-state index < -0.39 is 0 Å². The van der Waals surface area contributed by atoms with Crippen LogP contribution in [0.5, 0.6) is 0 Å². The summed E-state index contributed by atoms with van der Waals surface area (Å²) in [6, 6.07) is 6.28. The number of piperidine rings is 1. The van der Waals surface area contributed by atoms with Gasteiger partial charge in [0.05, 0.1) is 12.6 Å². The summed E-state index contributed by atoms with van der Waals surface area (Å²) < 4.78 is 0. The van der Waals surface area contributed by atoms with E-state index in [2.05, 4.69) is 56.1 Å². The van der Waals surface area contributed by atoms with Crippen molar-refractivity contribution in [2.45, 2.75) is 58.5 Å². The second-order valence-electron chi connectivity index (χ2n) is 7.18. The Balaban J connectivity index is 2.10. The monoisotopic (exact) mass is 318 g/mol. The summed E-state index contributed by atoms with van der Waals surface area (Å²) in [6.07, 6.45) is 1.31. The Morgan fingerprint density at radius 1 is 1.17 bits per heavy atom. The molecule has 0 unspecified atom stereocenters. The lowest BCUT2D eigenvalue weighted by molar-refractivity contribution is -0.117. The first-order valence-electron chi connectivity index (χ1n) is 8.71. The number of carbonyl (C=O) groups excluding carboxylic acids is 1. The van der Waals surface area contributed by atoms with Gasteiger partial charge in [0.25, 0.3) is 0 Å². The van der Waals surface area contributed by atoms with Crippen LogP contribution in [0.1, 0.15) is 63.5 Å². The van der Waals surface area contributed by atoms with Gasteiger partial charge in [0.2, 0.25) is 5.91 Å². The van der Waals surface area contributed by atoms with Gasteiger partial charge in [-0.1, -0.05) is 45.9 Å². The molecule has 128 valence electrons. The number of aliphatic hydroxyl groups excluding tert-OH is 1. The lowest BCUT2D eigenvalue weighted by Crippen LogP contribution is -2.40. The Kier molecular flexibility index (Phi) is 6.19. The number of carbonyl (C=O) groups is 1. The zero-order valence-corrected chi connectivity index (χ0v) is 14.8. The molecule has 4 nitrogen and oxygen atoms in total. The smallest absolute Gasteiger partial charge is 0.238 e. The number of aliphatic hydroxyl groups is 1. The zero-order chi connectivity index (χ0) is 17.0. The van der Waals surface area contributed by atoms with Gasteiger partial charge in [0.15, 0.2) is 0 Å². The van der Waals surface area contributed by atoms with Gasteiger partial charge in [-0.15, -0.1) is 0 Å². The van der Waals surface area contributed by atoms with E-state index in [1.165, 1.54) is 11.1 Å². The van der Waals surface area contributed by atoms with E-state index in [0.29, 0.717) is 18.4 Å². The molecule has 0 aromatic heterocycles. The standard InChI is InChI=1S/C19H30N2O2/c1-13(2)16-6-5-7-17(14(3)4)19(16)20-18(23)12-21-10-8-15(22)9-11-21/h5-7,13-15,22H,8-12H2,1-4H3,(H,20,23). The van der Waals surface area contributed by atoms with E-state index in [1.54, 1.807) is 0 Å². The average molecular weight is 318 g/mol. The van der Waals surface area contributed by atoms with Gasteiger partial charge in [0.1, 0.15) is 0 Å². The van der Waals surface area contributed by atoms with Crippen LogP contribution in [0.15, 0.2) is 18.2 Å². The molecule has 1 aromatic carbocycles. The minimum atomic E-state index is -0.205.